The molecule has 1 aromatic carbocycles. The molecule has 0 radical (unpaired) electrons. The van der Waals surface area contributed by atoms with Gasteiger partial charge in [0.2, 0.25) is 11.8 Å². The van der Waals surface area contributed by atoms with E-state index in [1.54, 1.807) is 18.2 Å². The molecule has 1 atom stereocenters. The maximum atomic E-state index is 13.0. The maximum Gasteiger partial charge on any atom is 0.264 e. The molecule has 11 nitrogen and oxygen atoms in total. The zero-order valence-corrected chi connectivity index (χ0v) is 19.1. The maximum absolute atomic E-state index is 13.0. The van der Waals surface area contributed by atoms with E-state index in [1.165, 1.54) is 0 Å². The van der Waals surface area contributed by atoms with Crippen molar-refractivity contribution in [2.75, 3.05) is 50.5 Å². The van der Waals surface area contributed by atoms with Gasteiger partial charge in [0.15, 0.2) is 0 Å². The van der Waals surface area contributed by atoms with Gasteiger partial charge in [-0.2, -0.15) is 8.42 Å². The van der Waals surface area contributed by atoms with Crippen LogP contribution in [0.15, 0.2) is 18.2 Å². The van der Waals surface area contributed by atoms with Crippen LogP contribution < -0.4 is 10.2 Å². The van der Waals surface area contributed by atoms with Gasteiger partial charge in [-0.25, -0.2) is 0 Å². The van der Waals surface area contributed by atoms with Crippen LogP contribution in [0, 0.1) is 0 Å². The predicted molar refractivity (Wildman–Crippen MR) is 117 cm³/mol. The highest BCUT2D eigenvalue weighted by Gasteiger charge is 2.44. The Bertz CT molecular complexity index is 1100. The summed E-state index contributed by atoms with van der Waals surface area (Å²) in [5.74, 6) is -2.07. The molecule has 12 heteroatoms. The van der Waals surface area contributed by atoms with Gasteiger partial charge in [0.1, 0.15) is 6.04 Å². The van der Waals surface area contributed by atoms with Crippen LogP contribution in [-0.2, 0) is 23.9 Å². The summed E-state index contributed by atoms with van der Waals surface area (Å²) >= 11 is 0. The van der Waals surface area contributed by atoms with Crippen molar-refractivity contribution in [2.45, 2.75) is 25.3 Å². The summed E-state index contributed by atoms with van der Waals surface area (Å²) in [6, 6.07) is 4.13. The van der Waals surface area contributed by atoms with Gasteiger partial charge in [-0.05, 0) is 31.0 Å². The minimum absolute atomic E-state index is 0.0831. The quantitative estimate of drug-likeness (QED) is 0.315. The number of piperidine rings is 1. The van der Waals surface area contributed by atoms with Gasteiger partial charge in [0.25, 0.3) is 21.9 Å². The minimum atomic E-state index is -3.42. The third kappa shape index (κ3) is 5.07. The average molecular weight is 479 g/mol. The molecule has 1 N–H and O–H groups in total. The van der Waals surface area contributed by atoms with Crippen LogP contribution in [0.5, 0.6) is 0 Å². The Kier molecular flexibility index (Phi) is 6.50. The molecule has 0 saturated carbocycles. The van der Waals surface area contributed by atoms with E-state index in [4.69, 9.17) is 4.18 Å². The van der Waals surface area contributed by atoms with E-state index in [2.05, 4.69) is 15.1 Å². The Morgan fingerprint density at radius 3 is 2.39 bits per heavy atom. The van der Waals surface area contributed by atoms with Crippen molar-refractivity contribution in [1.29, 1.82) is 0 Å². The summed E-state index contributed by atoms with van der Waals surface area (Å²) in [7, 11) is -3.42. The highest BCUT2D eigenvalue weighted by Crippen LogP contribution is 2.31. The van der Waals surface area contributed by atoms with Gasteiger partial charge >= 0.3 is 0 Å². The molecule has 2 saturated heterocycles. The zero-order chi connectivity index (χ0) is 23.8. The second-order valence-electron chi connectivity index (χ2n) is 8.39. The SMILES string of the molecule is CS(=O)(=O)OCCCN1CCN(c2ccc3c(c2)C(=O)N(C2CCC(=O)NC2=O)C3=O)CC1. The number of nitrogens with zero attached hydrogens (tertiary/aromatic N) is 3. The topological polar surface area (TPSA) is 133 Å². The largest absolute Gasteiger partial charge is 0.369 e. The van der Waals surface area contributed by atoms with Crippen molar-refractivity contribution in [3.63, 3.8) is 0 Å². The third-order valence-corrected chi connectivity index (χ3v) is 6.67. The van der Waals surface area contributed by atoms with Crippen molar-refractivity contribution in [3.8, 4) is 0 Å². The summed E-state index contributed by atoms with van der Waals surface area (Å²) in [5.41, 5.74) is 1.35. The number of fused-ring (bicyclic) bond motifs is 1. The summed E-state index contributed by atoms with van der Waals surface area (Å²) < 4.78 is 26.8. The first-order valence-electron chi connectivity index (χ1n) is 10.8. The number of nitrogens with one attached hydrogen (secondary N) is 1. The normalized spacial score (nSPS) is 22.0. The number of amides is 4. The molecule has 3 aliphatic heterocycles. The molecule has 4 rings (SSSR count). The summed E-state index contributed by atoms with van der Waals surface area (Å²) in [6.45, 7) is 3.84. The van der Waals surface area contributed by atoms with E-state index in [0.717, 1.165) is 36.5 Å². The molecule has 3 heterocycles. The second kappa shape index (κ2) is 9.20. The molecule has 2 fully saturated rings. The zero-order valence-electron chi connectivity index (χ0n) is 18.3. The van der Waals surface area contributed by atoms with Crippen LogP contribution >= 0.6 is 0 Å². The molecule has 0 aromatic heterocycles. The standard InChI is InChI=1S/C21H26N4O7S/c1-33(30,31)32-12-2-7-23-8-10-24(11-9-23)14-3-4-15-16(13-14)21(29)25(20(15)28)17-5-6-18(26)22-19(17)27/h3-4,13,17H,2,5-12H2,1H3,(H,22,26,27). The number of anilines is 1. The number of carbonyl (C=O) groups is 4. The first kappa shape index (κ1) is 23.3. The lowest BCUT2D eigenvalue weighted by Gasteiger charge is -2.36. The molecule has 1 aromatic rings. The molecule has 0 aliphatic carbocycles. The average Bonchev–Trinajstić information content (AvgIpc) is 3.01. The van der Waals surface area contributed by atoms with Crippen LogP contribution in [0.2, 0.25) is 0 Å². The number of rotatable bonds is 7. The first-order valence-corrected chi connectivity index (χ1v) is 12.6. The summed E-state index contributed by atoms with van der Waals surface area (Å²) in [6.07, 6.45) is 1.85. The predicted octanol–water partition coefficient (Wildman–Crippen LogP) is -0.424. The molecule has 0 spiro atoms. The van der Waals surface area contributed by atoms with E-state index in [-0.39, 0.29) is 30.6 Å². The fourth-order valence-corrected chi connectivity index (χ4v) is 4.80. The van der Waals surface area contributed by atoms with E-state index >= 15 is 0 Å². The van der Waals surface area contributed by atoms with Crippen LogP contribution in [-0.4, -0.2) is 93.5 Å². The molecule has 1 unspecified atom stereocenters. The molecule has 33 heavy (non-hydrogen) atoms. The summed E-state index contributed by atoms with van der Waals surface area (Å²) in [4.78, 5) is 54.7. The minimum Gasteiger partial charge on any atom is -0.369 e. The van der Waals surface area contributed by atoms with Crippen LogP contribution in [0.1, 0.15) is 40.0 Å². The molecule has 3 aliphatic rings. The lowest BCUT2D eigenvalue weighted by Crippen LogP contribution is -2.54. The van der Waals surface area contributed by atoms with Gasteiger partial charge in [-0.3, -0.25) is 38.5 Å². The van der Waals surface area contributed by atoms with Crippen LogP contribution in [0.4, 0.5) is 5.69 Å². The smallest absolute Gasteiger partial charge is 0.264 e. The van der Waals surface area contributed by atoms with Gasteiger partial charge in [0, 0.05) is 44.8 Å². The van der Waals surface area contributed by atoms with E-state index in [9.17, 15) is 27.6 Å². The van der Waals surface area contributed by atoms with Crippen molar-refractivity contribution < 1.29 is 31.8 Å². The Hall–Kier alpha value is -2.83. The highest BCUT2D eigenvalue weighted by atomic mass is 32.2. The Balaban J connectivity index is 1.37. The Morgan fingerprint density at radius 1 is 1.03 bits per heavy atom. The van der Waals surface area contributed by atoms with Crippen LogP contribution in [0.25, 0.3) is 0 Å². The fraction of sp³-hybridized carbons (Fsp3) is 0.524. The van der Waals surface area contributed by atoms with E-state index in [1.807, 2.05) is 0 Å². The molecular weight excluding hydrogens is 452 g/mol. The Labute approximate surface area is 191 Å². The van der Waals surface area contributed by atoms with Gasteiger partial charge in [-0.1, -0.05) is 0 Å². The van der Waals surface area contributed by atoms with Crippen LogP contribution in [0.3, 0.4) is 0 Å². The number of carbonyl (C=O) groups excluding carboxylic acids is 4. The number of benzene rings is 1. The number of imide groups is 2. The summed E-state index contributed by atoms with van der Waals surface area (Å²) in [5, 5.41) is 2.19. The fourth-order valence-electron chi connectivity index (χ4n) is 4.38. The molecule has 178 valence electrons. The van der Waals surface area contributed by atoms with Crippen molar-refractivity contribution in [2.24, 2.45) is 0 Å². The van der Waals surface area contributed by atoms with Gasteiger partial charge in [-0.15, -0.1) is 0 Å². The van der Waals surface area contributed by atoms with E-state index < -0.39 is 39.8 Å². The first-order chi connectivity index (χ1) is 15.6. The lowest BCUT2D eigenvalue weighted by atomic mass is 10.0. The van der Waals surface area contributed by atoms with Crippen molar-refractivity contribution in [3.05, 3.63) is 29.3 Å². The lowest BCUT2D eigenvalue weighted by molar-refractivity contribution is -0.136. The molecular formula is C21H26N4O7S. The number of hydrogen-bond acceptors (Lipinski definition) is 9. The van der Waals surface area contributed by atoms with E-state index in [0.29, 0.717) is 19.5 Å². The van der Waals surface area contributed by atoms with Crippen molar-refractivity contribution in [1.82, 2.24) is 15.1 Å². The van der Waals surface area contributed by atoms with Gasteiger partial charge < -0.3 is 4.90 Å². The van der Waals surface area contributed by atoms with Crippen molar-refractivity contribution >= 4 is 39.4 Å². The second-order valence-corrected chi connectivity index (χ2v) is 10.0. The molecule has 0 bridgehead atoms. The highest BCUT2D eigenvalue weighted by molar-refractivity contribution is 7.85. The number of hydrogen-bond donors (Lipinski definition) is 1. The Morgan fingerprint density at radius 2 is 1.73 bits per heavy atom. The monoisotopic (exact) mass is 478 g/mol. The third-order valence-electron chi connectivity index (χ3n) is 6.08. The molecule has 4 amide bonds. The number of piperazine rings is 1. The van der Waals surface area contributed by atoms with Gasteiger partial charge in [0.05, 0.1) is 24.0 Å².